The maximum absolute atomic E-state index is 4.27. The average Bonchev–Trinajstić information content (AvgIpc) is 2.78. The van der Waals surface area contributed by atoms with Crippen molar-refractivity contribution >= 4 is 11.8 Å². The Morgan fingerprint density at radius 3 is 1.48 bits per heavy atom. The Balaban J connectivity index is 2.27. The van der Waals surface area contributed by atoms with Crippen LogP contribution in [0.5, 0.6) is 0 Å². The van der Waals surface area contributed by atoms with Gasteiger partial charge in [-0.05, 0) is 74.6 Å². The first-order valence-electron chi connectivity index (χ1n) is 13.0. The largest absolute Gasteiger partial charge is 0.145 e. The number of rotatable bonds is 16. The predicted octanol–water partition coefficient (Wildman–Crippen LogP) is 10.6. The molecular formula is C32H46S. The number of allylic oxidation sites excluding steroid dienone is 2. The molecule has 0 N–H and O–H groups in total. The van der Waals surface area contributed by atoms with E-state index in [1.54, 1.807) is 0 Å². The van der Waals surface area contributed by atoms with Gasteiger partial charge in [-0.3, -0.25) is 0 Å². The molecule has 0 aliphatic carbocycles. The van der Waals surface area contributed by atoms with Crippen LogP contribution in [0.1, 0.15) is 112 Å². The van der Waals surface area contributed by atoms with Crippen LogP contribution in [0.3, 0.4) is 0 Å². The van der Waals surface area contributed by atoms with Gasteiger partial charge in [-0.2, -0.15) is 0 Å². The Morgan fingerprint density at radius 1 is 0.697 bits per heavy atom. The Hall–Kier alpha value is -1.73. The van der Waals surface area contributed by atoms with E-state index in [9.17, 15) is 0 Å². The number of hydrogen-bond acceptors (Lipinski definition) is 1. The first-order chi connectivity index (χ1) is 15.9. The van der Waals surface area contributed by atoms with Gasteiger partial charge in [-0.25, -0.2) is 0 Å². The van der Waals surface area contributed by atoms with E-state index in [-0.39, 0.29) is 0 Å². The molecule has 0 fully saturated rings. The molecule has 0 nitrogen and oxygen atoms in total. The smallest absolute Gasteiger partial charge is 0.0340 e. The van der Waals surface area contributed by atoms with Crippen molar-refractivity contribution in [3.8, 4) is 0 Å². The van der Waals surface area contributed by atoms with E-state index in [0.29, 0.717) is 10.5 Å². The fourth-order valence-corrected chi connectivity index (χ4v) is 6.14. The third kappa shape index (κ3) is 10.4. The highest BCUT2D eigenvalue weighted by atomic mass is 32.2. The van der Waals surface area contributed by atoms with Gasteiger partial charge in [-0.1, -0.05) is 99.2 Å². The van der Waals surface area contributed by atoms with Crippen LogP contribution in [0.2, 0.25) is 0 Å². The maximum atomic E-state index is 4.27. The van der Waals surface area contributed by atoms with Crippen molar-refractivity contribution in [1.82, 2.24) is 0 Å². The Bertz CT molecular complexity index is 791. The molecule has 2 aromatic carbocycles. The van der Waals surface area contributed by atoms with E-state index in [2.05, 4.69) is 101 Å². The maximum Gasteiger partial charge on any atom is 0.0340 e. The van der Waals surface area contributed by atoms with Gasteiger partial charge in [0.2, 0.25) is 0 Å². The van der Waals surface area contributed by atoms with Gasteiger partial charge >= 0.3 is 0 Å². The molecule has 33 heavy (non-hydrogen) atoms. The lowest BCUT2D eigenvalue weighted by molar-refractivity contribution is 0.716. The molecule has 0 heterocycles. The van der Waals surface area contributed by atoms with Gasteiger partial charge in [-0.15, -0.1) is 24.9 Å². The van der Waals surface area contributed by atoms with Crippen molar-refractivity contribution < 1.29 is 0 Å². The van der Waals surface area contributed by atoms with Crippen molar-refractivity contribution in [2.24, 2.45) is 0 Å². The molecule has 0 bridgehead atoms. The van der Waals surface area contributed by atoms with Gasteiger partial charge in [0.15, 0.2) is 0 Å². The van der Waals surface area contributed by atoms with Crippen molar-refractivity contribution in [2.45, 2.75) is 102 Å². The molecule has 0 saturated heterocycles. The zero-order valence-electron chi connectivity index (χ0n) is 21.7. The average molecular weight is 463 g/mol. The van der Waals surface area contributed by atoms with Crippen LogP contribution in [-0.2, 0) is 12.8 Å². The number of thioether (sulfide) groups is 1. The van der Waals surface area contributed by atoms with Crippen LogP contribution in [0.25, 0.3) is 0 Å². The van der Waals surface area contributed by atoms with Crippen LogP contribution >= 0.6 is 11.8 Å². The van der Waals surface area contributed by atoms with Crippen molar-refractivity contribution in [2.75, 3.05) is 0 Å². The van der Waals surface area contributed by atoms with Crippen LogP contribution in [-0.4, -0.2) is 0 Å². The van der Waals surface area contributed by atoms with E-state index in [0.717, 1.165) is 12.8 Å². The molecule has 2 atom stereocenters. The highest BCUT2D eigenvalue weighted by Crippen LogP contribution is 2.46. The zero-order chi connectivity index (χ0) is 24.1. The molecule has 0 radical (unpaired) electrons. The summed E-state index contributed by atoms with van der Waals surface area (Å²) in [4.78, 5) is 0. The second-order valence-corrected chi connectivity index (χ2v) is 11.3. The number of aryl methyl sites for hydroxylation is 2. The lowest BCUT2D eigenvalue weighted by atomic mass is 10.00. The molecule has 0 spiro atoms. The van der Waals surface area contributed by atoms with Crippen molar-refractivity contribution in [3.05, 3.63) is 95.1 Å². The SMILES string of the molecule is C=C(C)CC(SC(CC(=C)C)c1cccc(CCCCC)c1)c1cccc(CCCCC)c1. The fraction of sp³-hybridized carbons (Fsp3) is 0.500. The Kier molecular flexibility index (Phi) is 12.7. The second kappa shape index (κ2) is 15.2. The molecule has 2 aromatic rings. The normalized spacial score (nSPS) is 13.0. The second-order valence-electron chi connectivity index (χ2n) is 9.84. The van der Waals surface area contributed by atoms with Gasteiger partial charge in [0, 0.05) is 10.5 Å². The van der Waals surface area contributed by atoms with Crippen molar-refractivity contribution in [1.29, 1.82) is 0 Å². The standard InChI is InChI=1S/C32H46S/c1-7-9-11-15-27-17-13-19-29(23-27)31(21-25(3)4)33-32(22-26(5)6)30-20-14-18-28(24-30)16-12-10-8-2/h13-14,17-20,23-24,31-32H,3,5,7-12,15-16,21-22H2,1-2,4,6H3. The Morgan fingerprint density at radius 2 is 1.12 bits per heavy atom. The quantitative estimate of drug-likeness (QED) is 0.176. The minimum atomic E-state index is 0.418. The molecule has 0 amide bonds. The summed E-state index contributed by atoms with van der Waals surface area (Å²) >= 11 is 2.11. The van der Waals surface area contributed by atoms with Crippen LogP contribution in [0.15, 0.2) is 72.8 Å². The lowest BCUT2D eigenvalue weighted by Gasteiger charge is -2.25. The number of unbranched alkanes of at least 4 members (excludes halogenated alkanes) is 4. The fourth-order valence-electron chi connectivity index (χ4n) is 4.38. The van der Waals surface area contributed by atoms with E-state index in [4.69, 9.17) is 0 Å². The van der Waals surface area contributed by atoms with Gasteiger partial charge in [0.05, 0.1) is 0 Å². The molecule has 1 heteroatoms. The highest BCUT2D eigenvalue weighted by Gasteiger charge is 2.21. The minimum absolute atomic E-state index is 0.418. The van der Waals surface area contributed by atoms with E-state index < -0.39 is 0 Å². The van der Waals surface area contributed by atoms with Crippen LogP contribution in [0, 0.1) is 0 Å². The molecular weight excluding hydrogens is 416 g/mol. The number of benzene rings is 2. The third-order valence-corrected chi connectivity index (χ3v) is 7.71. The topological polar surface area (TPSA) is 0 Å². The summed E-state index contributed by atoms with van der Waals surface area (Å²) in [6, 6.07) is 18.7. The molecule has 0 saturated carbocycles. The lowest BCUT2D eigenvalue weighted by Crippen LogP contribution is -2.03. The monoisotopic (exact) mass is 462 g/mol. The minimum Gasteiger partial charge on any atom is -0.145 e. The zero-order valence-corrected chi connectivity index (χ0v) is 22.5. The van der Waals surface area contributed by atoms with E-state index in [1.165, 1.54) is 84.8 Å². The van der Waals surface area contributed by atoms with Crippen molar-refractivity contribution in [3.63, 3.8) is 0 Å². The molecule has 0 aliphatic heterocycles. The highest BCUT2D eigenvalue weighted by molar-refractivity contribution is 7.99. The van der Waals surface area contributed by atoms with Gasteiger partial charge < -0.3 is 0 Å². The van der Waals surface area contributed by atoms with Crippen LogP contribution in [0.4, 0.5) is 0 Å². The summed E-state index contributed by atoms with van der Waals surface area (Å²) in [5, 5.41) is 0.837. The molecule has 2 rings (SSSR count). The van der Waals surface area contributed by atoms with Gasteiger partial charge in [0.1, 0.15) is 0 Å². The summed E-state index contributed by atoms with van der Waals surface area (Å²) in [5.41, 5.74) is 8.36. The molecule has 2 unspecified atom stereocenters. The predicted molar refractivity (Wildman–Crippen MR) is 151 cm³/mol. The first-order valence-corrected chi connectivity index (χ1v) is 14.0. The van der Waals surface area contributed by atoms with E-state index >= 15 is 0 Å². The molecule has 180 valence electrons. The third-order valence-electron chi connectivity index (χ3n) is 6.18. The summed E-state index contributed by atoms with van der Waals surface area (Å²) in [7, 11) is 0. The van der Waals surface area contributed by atoms with Crippen LogP contribution < -0.4 is 0 Å². The molecule has 0 aliphatic rings. The van der Waals surface area contributed by atoms with Gasteiger partial charge in [0.25, 0.3) is 0 Å². The first kappa shape index (κ1) is 27.5. The summed E-state index contributed by atoms with van der Waals surface area (Å²) in [6.07, 6.45) is 12.1. The molecule has 0 aromatic heterocycles. The summed E-state index contributed by atoms with van der Waals surface area (Å²) < 4.78 is 0. The summed E-state index contributed by atoms with van der Waals surface area (Å²) in [5.74, 6) is 0. The van der Waals surface area contributed by atoms with E-state index in [1.807, 2.05) is 0 Å². The summed E-state index contributed by atoms with van der Waals surface area (Å²) in [6.45, 7) is 17.4. The number of hydrogen-bond donors (Lipinski definition) is 0. The Labute approximate surface area is 209 Å².